The second-order valence-corrected chi connectivity index (χ2v) is 8.02. The van der Waals surface area contributed by atoms with Crippen LogP contribution in [0.5, 0.6) is 0 Å². The first-order valence-corrected chi connectivity index (χ1v) is 9.57. The lowest BCUT2D eigenvalue weighted by Crippen LogP contribution is -2.47. The number of fused-ring (bicyclic) bond motifs is 1. The van der Waals surface area contributed by atoms with Gasteiger partial charge >= 0.3 is 6.09 Å². The lowest BCUT2D eigenvalue weighted by Gasteiger charge is -2.23. The van der Waals surface area contributed by atoms with Gasteiger partial charge in [-0.05, 0) is 38.5 Å². The van der Waals surface area contributed by atoms with E-state index in [0.29, 0.717) is 28.2 Å². The minimum atomic E-state index is -0.849. The number of alkyl carbamates (subject to hydrolysis) is 1. The van der Waals surface area contributed by atoms with Crippen LogP contribution in [0.25, 0.3) is 10.9 Å². The zero-order valence-electron chi connectivity index (χ0n) is 16.5. The van der Waals surface area contributed by atoms with E-state index in [9.17, 15) is 9.59 Å². The standard InChI is InChI=1S/C21H23ClN4O3/c1-21(2,3)29-20(28)23-16(12-13-8-5-4-6-9-13)19(27)24-18-14-10-7-11-15(22)17(14)25-26-18/h4-11,16H,12H2,1-3H3,(H,23,28)(H2,24,25,26,27). The molecule has 152 valence electrons. The largest absolute Gasteiger partial charge is 0.444 e. The van der Waals surface area contributed by atoms with Gasteiger partial charge in [0.15, 0.2) is 5.82 Å². The van der Waals surface area contributed by atoms with Gasteiger partial charge in [-0.25, -0.2) is 4.79 Å². The van der Waals surface area contributed by atoms with Crippen molar-refractivity contribution in [3.63, 3.8) is 0 Å². The highest BCUT2D eigenvalue weighted by atomic mass is 35.5. The molecule has 0 spiro atoms. The van der Waals surface area contributed by atoms with Crippen molar-refractivity contribution >= 4 is 40.3 Å². The average molecular weight is 415 g/mol. The lowest BCUT2D eigenvalue weighted by molar-refractivity contribution is -0.118. The summed E-state index contributed by atoms with van der Waals surface area (Å²) in [6.45, 7) is 5.29. The number of nitrogens with one attached hydrogen (secondary N) is 3. The maximum absolute atomic E-state index is 13.0. The molecule has 1 unspecified atom stereocenters. The third kappa shape index (κ3) is 5.48. The molecule has 29 heavy (non-hydrogen) atoms. The molecule has 0 aliphatic carbocycles. The molecule has 0 aliphatic rings. The summed E-state index contributed by atoms with van der Waals surface area (Å²) in [6.07, 6.45) is -0.363. The molecule has 0 fully saturated rings. The molecule has 3 aromatic rings. The van der Waals surface area contributed by atoms with E-state index >= 15 is 0 Å². The van der Waals surface area contributed by atoms with E-state index in [1.165, 1.54) is 0 Å². The molecular weight excluding hydrogens is 392 g/mol. The molecule has 0 saturated carbocycles. The summed E-state index contributed by atoms with van der Waals surface area (Å²) in [5.41, 5.74) is 0.857. The van der Waals surface area contributed by atoms with Gasteiger partial charge in [-0.3, -0.25) is 9.89 Å². The van der Waals surface area contributed by atoms with Crippen molar-refractivity contribution in [3.8, 4) is 0 Å². The van der Waals surface area contributed by atoms with Gasteiger partial charge in [0.05, 0.1) is 10.5 Å². The molecule has 2 aromatic carbocycles. The number of H-pyrrole nitrogens is 1. The number of aromatic amines is 1. The quantitative estimate of drug-likeness (QED) is 0.580. The number of hydrogen-bond donors (Lipinski definition) is 3. The number of nitrogens with zero attached hydrogens (tertiary/aromatic N) is 1. The molecule has 1 aromatic heterocycles. The Morgan fingerprint density at radius 3 is 2.55 bits per heavy atom. The number of halogens is 1. The first-order chi connectivity index (χ1) is 13.7. The van der Waals surface area contributed by atoms with Gasteiger partial charge in [0.25, 0.3) is 0 Å². The molecule has 2 amide bonds. The van der Waals surface area contributed by atoms with E-state index in [1.807, 2.05) is 30.3 Å². The molecule has 0 radical (unpaired) electrons. The number of anilines is 1. The van der Waals surface area contributed by atoms with Crippen molar-refractivity contribution < 1.29 is 14.3 Å². The summed E-state index contributed by atoms with van der Waals surface area (Å²) in [6, 6.07) is 13.9. The van der Waals surface area contributed by atoms with E-state index in [4.69, 9.17) is 16.3 Å². The molecule has 0 saturated heterocycles. The predicted octanol–water partition coefficient (Wildman–Crippen LogP) is 4.29. The number of aromatic nitrogens is 2. The number of amides is 2. The van der Waals surface area contributed by atoms with Crippen LogP contribution in [0.4, 0.5) is 10.6 Å². The zero-order chi connectivity index (χ0) is 21.0. The molecule has 0 aliphatic heterocycles. The van der Waals surface area contributed by atoms with E-state index in [-0.39, 0.29) is 0 Å². The van der Waals surface area contributed by atoms with Crippen LogP contribution in [-0.2, 0) is 16.0 Å². The average Bonchev–Trinajstić information content (AvgIpc) is 3.05. The Morgan fingerprint density at radius 1 is 1.14 bits per heavy atom. The van der Waals surface area contributed by atoms with E-state index in [1.54, 1.807) is 39.0 Å². The highest BCUT2D eigenvalue weighted by molar-refractivity contribution is 6.35. The maximum Gasteiger partial charge on any atom is 0.408 e. The molecule has 7 nitrogen and oxygen atoms in total. The van der Waals surface area contributed by atoms with Gasteiger partial charge in [-0.1, -0.05) is 48.0 Å². The highest BCUT2D eigenvalue weighted by Gasteiger charge is 2.26. The fourth-order valence-electron chi connectivity index (χ4n) is 2.82. The van der Waals surface area contributed by atoms with Gasteiger partial charge in [0.2, 0.25) is 5.91 Å². The Bertz CT molecular complexity index is 1010. The molecule has 3 rings (SSSR count). The van der Waals surface area contributed by atoms with E-state index in [2.05, 4.69) is 20.8 Å². The summed E-state index contributed by atoms with van der Waals surface area (Å²) in [5, 5.41) is 13.6. The molecule has 0 bridgehead atoms. The summed E-state index contributed by atoms with van der Waals surface area (Å²) < 4.78 is 5.31. The monoisotopic (exact) mass is 414 g/mol. The van der Waals surface area contributed by atoms with Gasteiger partial charge in [-0.2, -0.15) is 5.10 Å². The minimum Gasteiger partial charge on any atom is -0.444 e. The van der Waals surface area contributed by atoms with Gasteiger partial charge < -0.3 is 15.4 Å². The van der Waals surface area contributed by atoms with Crippen LogP contribution < -0.4 is 10.6 Å². The Kier molecular flexibility index (Phi) is 6.08. The van der Waals surface area contributed by atoms with Crippen molar-refractivity contribution in [2.45, 2.75) is 38.8 Å². The van der Waals surface area contributed by atoms with Crippen molar-refractivity contribution in [1.82, 2.24) is 15.5 Å². The van der Waals surface area contributed by atoms with E-state index in [0.717, 1.165) is 5.56 Å². The van der Waals surface area contributed by atoms with Gasteiger partial charge in [0.1, 0.15) is 11.6 Å². The smallest absolute Gasteiger partial charge is 0.408 e. The van der Waals surface area contributed by atoms with Crippen LogP contribution in [0.3, 0.4) is 0 Å². The van der Waals surface area contributed by atoms with Crippen LogP contribution in [-0.4, -0.2) is 33.8 Å². The summed E-state index contributed by atoms with van der Waals surface area (Å²) in [5.74, 6) is -0.0651. The fourth-order valence-corrected chi connectivity index (χ4v) is 3.03. The first-order valence-electron chi connectivity index (χ1n) is 9.20. The summed E-state index contributed by atoms with van der Waals surface area (Å²) in [7, 11) is 0. The van der Waals surface area contributed by atoms with Crippen molar-refractivity contribution in [3.05, 3.63) is 59.1 Å². The number of para-hydroxylation sites is 1. The van der Waals surface area contributed by atoms with Gasteiger partial charge in [-0.15, -0.1) is 0 Å². The number of carbonyl (C=O) groups excluding carboxylic acids is 2. The minimum absolute atomic E-state index is 0.301. The normalized spacial score (nSPS) is 12.4. The summed E-state index contributed by atoms with van der Waals surface area (Å²) >= 11 is 6.15. The maximum atomic E-state index is 13.0. The van der Waals surface area contributed by atoms with Crippen LogP contribution in [0, 0.1) is 0 Å². The Balaban J connectivity index is 1.80. The molecule has 1 heterocycles. The Hall–Kier alpha value is -3.06. The van der Waals surface area contributed by atoms with Crippen LogP contribution >= 0.6 is 11.6 Å². The first kappa shape index (κ1) is 20.7. The number of ether oxygens (including phenoxy) is 1. The number of benzene rings is 2. The third-order valence-corrected chi connectivity index (χ3v) is 4.39. The number of hydrogen-bond acceptors (Lipinski definition) is 4. The zero-order valence-corrected chi connectivity index (χ0v) is 17.2. The van der Waals surface area contributed by atoms with E-state index < -0.39 is 23.6 Å². The third-order valence-electron chi connectivity index (χ3n) is 4.08. The fraction of sp³-hybridized carbons (Fsp3) is 0.286. The molecule has 1 atom stereocenters. The van der Waals surface area contributed by atoms with Gasteiger partial charge in [0, 0.05) is 11.8 Å². The lowest BCUT2D eigenvalue weighted by atomic mass is 10.1. The number of rotatable bonds is 5. The van der Waals surface area contributed by atoms with Crippen LogP contribution in [0.1, 0.15) is 26.3 Å². The molecular formula is C21H23ClN4O3. The second-order valence-electron chi connectivity index (χ2n) is 7.61. The Morgan fingerprint density at radius 2 is 1.86 bits per heavy atom. The van der Waals surface area contributed by atoms with Crippen molar-refractivity contribution in [2.75, 3.05) is 5.32 Å². The van der Waals surface area contributed by atoms with Crippen molar-refractivity contribution in [1.29, 1.82) is 0 Å². The van der Waals surface area contributed by atoms with Crippen LogP contribution in [0.2, 0.25) is 5.02 Å². The topological polar surface area (TPSA) is 96.1 Å². The number of carbonyl (C=O) groups is 2. The second kappa shape index (κ2) is 8.53. The predicted molar refractivity (Wildman–Crippen MR) is 113 cm³/mol. The summed E-state index contributed by atoms with van der Waals surface area (Å²) in [4.78, 5) is 25.2. The Labute approximate surface area is 173 Å². The van der Waals surface area contributed by atoms with Crippen molar-refractivity contribution in [2.24, 2.45) is 0 Å². The van der Waals surface area contributed by atoms with Crippen LogP contribution in [0.15, 0.2) is 48.5 Å². The molecule has 3 N–H and O–H groups in total. The molecule has 8 heteroatoms. The highest BCUT2D eigenvalue weighted by Crippen LogP contribution is 2.26. The SMILES string of the molecule is CC(C)(C)OC(=O)NC(Cc1ccccc1)C(=O)Nc1n[nH]c2c(Cl)cccc12.